The fourth-order valence-electron chi connectivity index (χ4n) is 2.24. The molecule has 0 atom stereocenters. The third kappa shape index (κ3) is 4.34. The first-order valence-electron chi connectivity index (χ1n) is 7.88. The Hall–Kier alpha value is -1.82. The lowest BCUT2D eigenvalue weighted by Gasteiger charge is -2.09. The molecule has 5 nitrogen and oxygen atoms in total. The predicted molar refractivity (Wildman–Crippen MR) is 92.6 cm³/mol. The van der Waals surface area contributed by atoms with Crippen molar-refractivity contribution in [3.05, 3.63) is 29.8 Å². The minimum absolute atomic E-state index is 0.231. The zero-order valence-corrected chi connectivity index (χ0v) is 14.9. The second-order valence-electron chi connectivity index (χ2n) is 5.42. The minimum Gasteiger partial charge on any atom is -0.465 e. The van der Waals surface area contributed by atoms with Crippen molar-refractivity contribution in [2.24, 2.45) is 0 Å². The summed E-state index contributed by atoms with van der Waals surface area (Å²) in [6.45, 7) is 9.34. The van der Waals surface area contributed by atoms with Gasteiger partial charge >= 0.3 is 5.97 Å². The van der Waals surface area contributed by atoms with E-state index in [9.17, 15) is 4.79 Å². The Labute approximate surface area is 141 Å². The van der Waals surface area contributed by atoms with Gasteiger partial charge in [-0.15, -0.1) is 10.2 Å². The molecular weight excluding hydrogens is 310 g/mol. The highest BCUT2D eigenvalue weighted by atomic mass is 32.2. The first kappa shape index (κ1) is 17.5. The van der Waals surface area contributed by atoms with Gasteiger partial charge in [0.15, 0.2) is 11.0 Å². The van der Waals surface area contributed by atoms with Gasteiger partial charge in [0, 0.05) is 12.1 Å². The smallest absolute Gasteiger partial charge is 0.316 e. The van der Waals surface area contributed by atoms with Crippen LogP contribution in [0.25, 0.3) is 11.4 Å². The lowest BCUT2D eigenvalue weighted by Crippen LogP contribution is -2.08. The van der Waals surface area contributed by atoms with Crippen LogP contribution in [0.1, 0.15) is 39.2 Å². The SMILES string of the molecule is CCOC(=O)CSc1nnc(-c2ccc(C(C)C)cc2)n1CC. The maximum absolute atomic E-state index is 11.5. The molecule has 1 aromatic carbocycles. The predicted octanol–water partition coefficient (Wildman–Crippen LogP) is 3.74. The van der Waals surface area contributed by atoms with E-state index in [1.54, 1.807) is 6.92 Å². The molecule has 0 unspecified atom stereocenters. The van der Waals surface area contributed by atoms with Crippen molar-refractivity contribution >= 4 is 17.7 Å². The number of benzene rings is 1. The number of thioether (sulfide) groups is 1. The molecule has 0 spiro atoms. The summed E-state index contributed by atoms with van der Waals surface area (Å²) in [6.07, 6.45) is 0. The Kier molecular flexibility index (Phi) is 6.21. The number of rotatable bonds is 7. The first-order chi connectivity index (χ1) is 11.1. The Morgan fingerprint density at radius 1 is 1.22 bits per heavy atom. The number of carbonyl (C=O) groups excluding carboxylic acids is 1. The van der Waals surface area contributed by atoms with Crippen LogP contribution in [-0.4, -0.2) is 33.1 Å². The third-order valence-corrected chi connectivity index (χ3v) is 4.43. The molecule has 0 aliphatic rings. The number of carbonyl (C=O) groups is 1. The van der Waals surface area contributed by atoms with Crippen molar-refractivity contribution in [1.82, 2.24) is 14.8 Å². The Balaban J connectivity index is 2.18. The average molecular weight is 333 g/mol. The summed E-state index contributed by atoms with van der Waals surface area (Å²) in [6, 6.07) is 8.40. The highest BCUT2D eigenvalue weighted by Crippen LogP contribution is 2.25. The van der Waals surface area contributed by atoms with Gasteiger partial charge in [-0.3, -0.25) is 4.79 Å². The molecule has 0 fully saturated rings. The summed E-state index contributed by atoms with van der Waals surface area (Å²) >= 11 is 1.36. The van der Waals surface area contributed by atoms with Crippen molar-refractivity contribution in [2.75, 3.05) is 12.4 Å². The van der Waals surface area contributed by atoms with Gasteiger partial charge in [0.25, 0.3) is 0 Å². The molecule has 2 rings (SSSR count). The Morgan fingerprint density at radius 2 is 1.91 bits per heavy atom. The van der Waals surface area contributed by atoms with E-state index in [0.29, 0.717) is 12.5 Å². The van der Waals surface area contributed by atoms with E-state index in [1.807, 2.05) is 11.5 Å². The van der Waals surface area contributed by atoms with E-state index in [2.05, 4.69) is 48.3 Å². The van der Waals surface area contributed by atoms with Crippen LogP contribution in [0.4, 0.5) is 0 Å². The zero-order valence-electron chi connectivity index (χ0n) is 14.1. The van der Waals surface area contributed by atoms with Gasteiger partial charge < -0.3 is 9.30 Å². The molecule has 124 valence electrons. The quantitative estimate of drug-likeness (QED) is 0.570. The van der Waals surface area contributed by atoms with Crippen LogP contribution in [0.3, 0.4) is 0 Å². The topological polar surface area (TPSA) is 57.0 Å². The molecule has 0 amide bonds. The molecule has 23 heavy (non-hydrogen) atoms. The molecule has 0 aliphatic heterocycles. The lowest BCUT2D eigenvalue weighted by atomic mass is 10.0. The fourth-order valence-corrected chi connectivity index (χ4v) is 3.04. The molecule has 0 aliphatic carbocycles. The molecule has 1 heterocycles. The highest BCUT2D eigenvalue weighted by Gasteiger charge is 2.15. The molecule has 1 aromatic heterocycles. The summed E-state index contributed by atoms with van der Waals surface area (Å²) < 4.78 is 6.97. The van der Waals surface area contributed by atoms with Crippen LogP contribution in [0.2, 0.25) is 0 Å². The molecule has 6 heteroatoms. The zero-order chi connectivity index (χ0) is 16.8. The van der Waals surface area contributed by atoms with E-state index in [-0.39, 0.29) is 11.7 Å². The van der Waals surface area contributed by atoms with E-state index in [0.717, 1.165) is 23.1 Å². The standard InChI is InChI=1S/C17H23N3O2S/c1-5-20-16(14-9-7-13(8-10-14)12(3)4)18-19-17(20)23-11-15(21)22-6-2/h7-10,12H,5-6,11H2,1-4H3. The molecule has 0 saturated carbocycles. The van der Waals surface area contributed by atoms with Crippen molar-refractivity contribution < 1.29 is 9.53 Å². The van der Waals surface area contributed by atoms with Crippen molar-refractivity contribution in [2.45, 2.75) is 45.3 Å². The van der Waals surface area contributed by atoms with E-state index < -0.39 is 0 Å². The number of nitrogens with zero attached hydrogens (tertiary/aromatic N) is 3. The lowest BCUT2D eigenvalue weighted by molar-refractivity contribution is -0.139. The van der Waals surface area contributed by atoms with Gasteiger partial charge in [-0.2, -0.15) is 0 Å². The van der Waals surface area contributed by atoms with Crippen molar-refractivity contribution in [1.29, 1.82) is 0 Å². The second-order valence-corrected chi connectivity index (χ2v) is 6.36. The first-order valence-corrected chi connectivity index (χ1v) is 8.87. The van der Waals surface area contributed by atoms with Crippen molar-refractivity contribution in [3.8, 4) is 11.4 Å². The largest absolute Gasteiger partial charge is 0.465 e. The fraction of sp³-hybridized carbons (Fsp3) is 0.471. The molecule has 2 aromatic rings. The van der Waals surface area contributed by atoms with Crippen LogP contribution < -0.4 is 0 Å². The monoisotopic (exact) mass is 333 g/mol. The van der Waals surface area contributed by atoms with Gasteiger partial charge in [-0.05, 0) is 25.3 Å². The minimum atomic E-state index is -0.231. The maximum Gasteiger partial charge on any atom is 0.316 e. The van der Waals surface area contributed by atoms with Gasteiger partial charge in [-0.25, -0.2) is 0 Å². The normalized spacial score (nSPS) is 11.0. The van der Waals surface area contributed by atoms with Crippen molar-refractivity contribution in [3.63, 3.8) is 0 Å². The van der Waals surface area contributed by atoms with Crippen LogP contribution in [0, 0.1) is 0 Å². The van der Waals surface area contributed by atoms with E-state index >= 15 is 0 Å². The van der Waals surface area contributed by atoms with Crippen LogP contribution in [0.15, 0.2) is 29.4 Å². The Bertz CT molecular complexity index is 650. The summed E-state index contributed by atoms with van der Waals surface area (Å²) in [7, 11) is 0. The molecule has 0 bridgehead atoms. The van der Waals surface area contributed by atoms with Crippen LogP contribution in [-0.2, 0) is 16.1 Å². The van der Waals surface area contributed by atoms with Gasteiger partial charge in [0.1, 0.15) is 0 Å². The maximum atomic E-state index is 11.5. The van der Waals surface area contributed by atoms with Gasteiger partial charge in [0.05, 0.1) is 12.4 Å². The Morgan fingerprint density at radius 3 is 2.48 bits per heavy atom. The van der Waals surface area contributed by atoms with Gasteiger partial charge in [-0.1, -0.05) is 49.9 Å². The number of hydrogen-bond acceptors (Lipinski definition) is 5. The molecule has 0 radical (unpaired) electrons. The summed E-state index contributed by atoms with van der Waals surface area (Å²) in [4.78, 5) is 11.5. The number of aromatic nitrogens is 3. The second kappa shape index (κ2) is 8.15. The van der Waals surface area contributed by atoms with Crippen LogP contribution in [0.5, 0.6) is 0 Å². The third-order valence-electron chi connectivity index (χ3n) is 3.49. The summed E-state index contributed by atoms with van der Waals surface area (Å²) in [5, 5.41) is 9.26. The van der Waals surface area contributed by atoms with E-state index in [1.165, 1.54) is 17.3 Å². The number of esters is 1. The molecular formula is C17H23N3O2S. The molecule has 0 saturated heterocycles. The molecule has 0 N–H and O–H groups in total. The van der Waals surface area contributed by atoms with E-state index in [4.69, 9.17) is 4.74 Å². The number of hydrogen-bond donors (Lipinski definition) is 0. The highest BCUT2D eigenvalue weighted by molar-refractivity contribution is 7.99. The average Bonchev–Trinajstić information content (AvgIpc) is 2.96. The summed E-state index contributed by atoms with van der Waals surface area (Å²) in [5.74, 6) is 1.35. The van der Waals surface area contributed by atoms with Crippen LogP contribution >= 0.6 is 11.8 Å². The summed E-state index contributed by atoms with van der Waals surface area (Å²) in [5.41, 5.74) is 2.33. The number of ether oxygens (including phenoxy) is 1. The van der Waals surface area contributed by atoms with Gasteiger partial charge in [0.2, 0.25) is 0 Å².